The first kappa shape index (κ1) is 20.2. The molecule has 2 aromatic carbocycles. The molecule has 0 aliphatic heterocycles. The average molecular weight is 391 g/mol. The first-order chi connectivity index (χ1) is 12.3. The zero-order valence-electron chi connectivity index (χ0n) is 15.3. The minimum Gasteiger partial charge on any atom is -0.465 e. The molecule has 1 atom stereocenters. The lowest BCUT2D eigenvalue weighted by Crippen LogP contribution is -2.35. The van der Waals surface area contributed by atoms with E-state index in [-0.39, 0.29) is 6.04 Å². The molecular formula is C20H23ClN2O2S. The summed E-state index contributed by atoms with van der Waals surface area (Å²) in [5, 5.41) is 7.35. The van der Waals surface area contributed by atoms with E-state index in [4.69, 9.17) is 28.6 Å². The third-order valence-corrected chi connectivity index (χ3v) is 4.66. The van der Waals surface area contributed by atoms with Crippen molar-refractivity contribution in [2.24, 2.45) is 5.92 Å². The van der Waals surface area contributed by atoms with E-state index in [1.165, 1.54) is 18.2 Å². The zero-order chi connectivity index (χ0) is 19.3. The molecule has 2 rings (SSSR count). The molecule has 4 nitrogen and oxygen atoms in total. The quantitative estimate of drug-likeness (QED) is 0.548. The van der Waals surface area contributed by atoms with E-state index in [0.29, 0.717) is 27.3 Å². The molecule has 0 amide bonds. The van der Waals surface area contributed by atoms with Gasteiger partial charge in [-0.3, -0.25) is 0 Å². The number of esters is 1. The molecule has 0 heterocycles. The Kier molecular flexibility index (Phi) is 7.00. The summed E-state index contributed by atoms with van der Waals surface area (Å²) in [7, 11) is 1.34. The minimum atomic E-state index is -0.427. The highest BCUT2D eigenvalue weighted by atomic mass is 35.5. The Labute approximate surface area is 164 Å². The number of carbonyl (C=O) groups is 1. The number of aryl methyl sites for hydroxylation is 1. The fraction of sp³-hybridized carbons (Fsp3) is 0.300. The van der Waals surface area contributed by atoms with E-state index in [2.05, 4.69) is 43.5 Å². The summed E-state index contributed by atoms with van der Waals surface area (Å²) < 4.78 is 4.74. The number of hydrogen-bond acceptors (Lipinski definition) is 3. The van der Waals surface area contributed by atoms with Crippen LogP contribution in [-0.2, 0) is 4.74 Å². The maximum Gasteiger partial charge on any atom is 0.337 e. The molecule has 0 aliphatic rings. The number of methoxy groups -OCH3 is 1. The predicted molar refractivity (Wildman–Crippen MR) is 111 cm³/mol. The summed E-state index contributed by atoms with van der Waals surface area (Å²) in [6.07, 6.45) is 0. The third kappa shape index (κ3) is 4.96. The van der Waals surface area contributed by atoms with E-state index >= 15 is 0 Å². The van der Waals surface area contributed by atoms with Crippen LogP contribution in [0.4, 0.5) is 5.69 Å². The average Bonchev–Trinajstić information content (AvgIpc) is 2.61. The number of rotatable bonds is 5. The van der Waals surface area contributed by atoms with E-state index in [1.54, 1.807) is 18.2 Å². The van der Waals surface area contributed by atoms with E-state index in [9.17, 15) is 4.79 Å². The lowest BCUT2D eigenvalue weighted by molar-refractivity contribution is 0.0601. The molecule has 0 aromatic heterocycles. The summed E-state index contributed by atoms with van der Waals surface area (Å²) in [4.78, 5) is 11.7. The standard InChI is InChI=1S/C20H23ClN2O2S/c1-12(2)18(15-8-6-5-7-13(15)3)23-20(26)22-17-11-14(19(24)25-4)9-10-16(17)21/h5-12,18H,1-4H3,(H2,22,23,26)/t18-/m1/s1. The van der Waals surface area contributed by atoms with Gasteiger partial charge in [0.25, 0.3) is 0 Å². The Morgan fingerprint density at radius 3 is 2.50 bits per heavy atom. The molecule has 2 N–H and O–H groups in total. The van der Waals surface area contributed by atoms with Gasteiger partial charge in [0.15, 0.2) is 5.11 Å². The fourth-order valence-corrected chi connectivity index (χ4v) is 3.11. The first-order valence-corrected chi connectivity index (χ1v) is 9.13. The number of carbonyl (C=O) groups excluding carboxylic acids is 1. The lowest BCUT2D eigenvalue weighted by atomic mass is 9.93. The number of benzene rings is 2. The highest BCUT2D eigenvalue weighted by molar-refractivity contribution is 7.80. The van der Waals surface area contributed by atoms with Crippen molar-refractivity contribution >= 4 is 40.6 Å². The van der Waals surface area contributed by atoms with Crippen LogP contribution >= 0.6 is 23.8 Å². The van der Waals surface area contributed by atoms with Crippen molar-refractivity contribution in [2.45, 2.75) is 26.8 Å². The predicted octanol–water partition coefficient (Wildman–Crippen LogP) is 5.12. The second-order valence-corrected chi connectivity index (χ2v) is 7.18. The maximum absolute atomic E-state index is 11.7. The molecule has 2 aromatic rings. The van der Waals surface area contributed by atoms with Crippen LogP contribution in [0.25, 0.3) is 0 Å². The van der Waals surface area contributed by atoms with Crippen LogP contribution < -0.4 is 10.6 Å². The summed E-state index contributed by atoms with van der Waals surface area (Å²) in [5.74, 6) is -0.101. The Hall–Kier alpha value is -2.11. The lowest BCUT2D eigenvalue weighted by Gasteiger charge is -2.26. The van der Waals surface area contributed by atoms with Crippen LogP contribution in [0.2, 0.25) is 5.02 Å². The summed E-state index contributed by atoms with van der Waals surface area (Å²) >= 11 is 11.7. The van der Waals surface area contributed by atoms with Crippen molar-refractivity contribution in [1.29, 1.82) is 0 Å². The summed E-state index contributed by atoms with van der Waals surface area (Å²) in [5.41, 5.74) is 3.36. The molecule has 6 heteroatoms. The Morgan fingerprint density at radius 1 is 1.19 bits per heavy atom. The molecule has 0 bridgehead atoms. The number of halogens is 1. The second-order valence-electron chi connectivity index (χ2n) is 6.36. The highest BCUT2D eigenvalue weighted by Gasteiger charge is 2.19. The Morgan fingerprint density at radius 2 is 1.88 bits per heavy atom. The van der Waals surface area contributed by atoms with Crippen molar-refractivity contribution in [3.05, 3.63) is 64.2 Å². The van der Waals surface area contributed by atoms with Gasteiger partial charge in [0.2, 0.25) is 0 Å². The van der Waals surface area contributed by atoms with Crippen LogP contribution in [-0.4, -0.2) is 18.2 Å². The van der Waals surface area contributed by atoms with Gasteiger partial charge in [-0.1, -0.05) is 49.7 Å². The van der Waals surface area contributed by atoms with Crippen molar-refractivity contribution in [3.63, 3.8) is 0 Å². The SMILES string of the molecule is COC(=O)c1ccc(Cl)c(NC(=S)N[C@@H](c2ccccc2C)C(C)C)c1. The van der Waals surface area contributed by atoms with Crippen LogP contribution in [0.5, 0.6) is 0 Å². The van der Waals surface area contributed by atoms with Crippen molar-refractivity contribution < 1.29 is 9.53 Å². The third-order valence-electron chi connectivity index (χ3n) is 4.11. The van der Waals surface area contributed by atoms with Gasteiger partial charge in [-0.05, 0) is 54.4 Å². The normalized spacial score (nSPS) is 11.8. The summed E-state index contributed by atoms with van der Waals surface area (Å²) in [6.45, 7) is 6.36. The molecule has 0 saturated carbocycles. The molecule has 0 spiro atoms. The zero-order valence-corrected chi connectivity index (χ0v) is 16.9. The molecule has 0 aliphatic carbocycles. The van der Waals surface area contributed by atoms with Crippen LogP contribution in [0, 0.1) is 12.8 Å². The molecular weight excluding hydrogens is 368 g/mol. The monoisotopic (exact) mass is 390 g/mol. The number of hydrogen-bond donors (Lipinski definition) is 2. The van der Waals surface area contributed by atoms with Crippen LogP contribution in [0.3, 0.4) is 0 Å². The number of anilines is 1. The van der Waals surface area contributed by atoms with Crippen molar-refractivity contribution in [3.8, 4) is 0 Å². The van der Waals surface area contributed by atoms with Crippen molar-refractivity contribution in [1.82, 2.24) is 5.32 Å². The van der Waals surface area contributed by atoms with Crippen molar-refractivity contribution in [2.75, 3.05) is 12.4 Å². The fourth-order valence-electron chi connectivity index (χ4n) is 2.70. The van der Waals surface area contributed by atoms with E-state index in [1.807, 2.05) is 12.1 Å². The van der Waals surface area contributed by atoms with Crippen LogP contribution in [0.1, 0.15) is 41.4 Å². The van der Waals surface area contributed by atoms with Gasteiger partial charge in [-0.15, -0.1) is 0 Å². The number of thiocarbonyl (C=S) groups is 1. The molecule has 0 fully saturated rings. The molecule has 138 valence electrons. The molecule has 0 saturated heterocycles. The molecule has 0 radical (unpaired) electrons. The van der Waals surface area contributed by atoms with Gasteiger partial charge in [-0.25, -0.2) is 4.79 Å². The molecule has 26 heavy (non-hydrogen) atoms. The minimum absolute atomic E-state index is 0.0544. The van der Waals surface area contributed by atoms with E-state index < -0.39 is 5.97 Å². The number of nitrogens with one attached hydrogen (secondary N) is 2. The second kappa shape index (κ2) is 9.01. The maximum atomic E-state index is 11.7. The Bertz CT molecular complexity index is 808. The van der Waals surface area contributed by atoms with Crippen LogP contribution in [0.15, 0.2) is 42.5 Å². The van der Waals surface area contributed by atoms with Gasteiger partial charge in [0.05, 0.1) is 29.4 Å². The topological polar surface area (TPSA) is 50.4 Å². The van der Waals surface area contributed by atoms with Gasteiger partial charge < -0.3 is 15.4 Å². The van der Waals surface area contributed by atoms with Gasteiger partial charge in [-0.2, -0.15) is 0 Å². The Balaban J connectivity index is 2.19. The first-order valence-electron chi connectivity index (χ1n) is 8.34. The summed E-state index contributed by atoms with van der Waals surface area (Å²) in [6, 6.07) is 13.1. The largest absolute Gasteiger partial charge is 0.465 e. The highest BCUT2D eigenvalue weighted by Crippen LogP contribution is 2.26. The van der Waals surface area contributed by atoms with E-state index in [0.717, 1.165) is 0 Å². The van der Waals surface area contributed by atoms with Gasteiger partial charge in [0.1, 0.15) is 0 Å². The van der Waals surface area contributed by atoms with Gasteiger partial charge in [0, 0.05) is 0 Å². The molecule has 0 unspecified atom stereocenters. The van der Waals surface area contributed by atoms with Gasteiger partial charge >= 0.3 is 5.97 Å². The number of ether oxygens (including phenoxy) is 1. The smallest absolute Gasteiger partial charge is 0.337 e.